The molecule has 2 atom stereocenters. The first-order chi connectivity index (χ1) is 5.15. The van der Waals surface area contributed by atoms with E-state index in [4.69, 9.17) is 10.4 Å². The largest absolute Gasteiger partial charge is 0.465 e. The first-order valence-electron chi connectivity index (χ1n) is 3.54. The summed E-state index contributed by atoms with van der Waals surface area (Å²) in [5.41, 5.74) is 0. The van der Waals surface area contributed by atoms with Gasteiger partial charge in [0.25, 0.3) is 0 Å². The summed E-state index contributed by atoms with van der Waals surface area (Å²) in [4.78, 5) is 11.8. The molecule has 1 amide bonds. The molecule has 11 heavy (non-hydrogen) atoms. The van der Waals surface area contributed by atoms with Crippen molar-refractivity contribution in [3.63, 3.8) is 0 Å². The van der Waals surface area contributed by atoms with Gasteiger partial charge in [-0.05, 0) is 13.3 Å². The molecule has 0 unspecified atom stereocenters. The predicted molar refractivity (Wildman–Crippen MR) is 37.9 cm³/mol. The van der Waals surface area contributed by atoms with Gasteiger partial charge in [-0.3, -0.25) is 0 Å². The number of nitriles is 1. The highest BCUT2D eigenvalue weighted by molar-refractivity contribution is 5.65. The van der Waals surface area contributed by atoms with Gasteiger partial charge in [0.05, 0.1) is 12.0 Å². The van der Waals surface area contributed by atoms with Crippen LogP contribution in [0.25, 0.3) is 0 Å². The van der Waals surface area contributed by atoms with Crippen LogP contribution < -0.4 is 0 Å². The van der Waals surface area contributed by atoms with Crippen LogP contribution in [0.4, 0.5) is 4.79 Å². The normalized spacial score (nSPS) is 30.0. The smallest absolute Gasteiger partial charge is 0.407 e. The lowest BCUT2D eigenvalue weighted by molar-refractivity contribution is 0.143. The maximum absolute atomic E-state index is 10.5. The van der Waals surface area contributed by atoms with Gasteiger partial charge in [-0.25, -0.2) is 4.79 Å². The molecule has 60 valence electrons. The molecular weight excluding hydrogens is 144 g/mol. The van der Waals surface area contributed by atoms with E-state index in [1.807, 2.05) is 6.92 Å². The van der Waals surface area contributed by atoms with Crippen LogP contribution in [0.1, 0.15) is 13.3 Å². The molecular formula is C7H10N2O2. The summed E-state index contributed by atoms with van der Waals surface area (Å²) in [7, 11) is 0. The monoisotopic (exact) mass is 154 g/mol. The Morgan fingerprint density at radius 2 is 2.45 bits per heavy atom. The average Bonchev–Trinajstić information content (AvgIpc) is 2.30. The topological polar surface area (TPSA) is 64.3 Å². The van der Waals surface area contributed by atoms with Crippen molar-refractivity contribution in [1.29, 1.82) is 5.26 Å². The van der Waals surface area contributed by atoms with Crippen molar-refractivity contribution in [2.75, 3.05) is 6.54 Å². The highest BCUT2D eigenvalue weighted by Gasteiger charge is 2.31. The number of nitrogens with zero attached hydrogens (tertiary/aromatic N) is 2. The second-order valence-corrected chi connectivity index (χ2v) is 2.85. The van der Waals surface area contributed by atoms with Gasteiger partial charge in [-0.2, -0.15) is 5.26 Å². The van der Waals surface area contributed by atoms with E-state index in [-0.39, 0.29) is 12.0 Å². The van der Waals surface area contributed by atoms with Gasteiger partial charge in [-0.15, -0.1) is 0 Å². The fraction of sp³-hybridized carbons (Fsp3) is 0.714. The molecule has 4 heteroatoms. The number of hydrogen-bond donors (Lipinski definition) is 1. The highest BCUT2D eigenvalue weighted by Crippen LogP contribution is 2.21. The Morgan fingerprint density at radius 1 is 1.82 bits per heavy atom. The minimum Gasteiger partial charge on any atom is -0.465 e. The van der Waals surface area contributed by atoms with Crippen molar-refractivity contribution in [2.24, 2.45) is 5.92 Å². The van der Waals surface area contributed by atoms with Gasteiger partial charge >= 0.3 is 6.09 Å². The lowest BCUT2D eigenvalue weighted by Gasteiger charge is -2.15. The summed E-state index contributed by atoms with van der Waals surface area (Å²) in [6.45, 7) is 2.19. The third-order valence-corrected chi connectivity index (χ3v) is 2.00. The Balaban J connectivity index is 2.60. The van der Waals surface area contributed by atoms with E-state index in [1.165, 1.54) is 4.90 Å². The summed E-state index contributed by atoms with van der Waals surface area (Å²) in [6, 6.07) is 2.07. The second kappa shape index (κ2) is 2.79. The minimum absolute atomic E-state index is 0.00264. The van der Waals surface area contributed by atoms with E-state index in [0.29, 0.717) is 13.0 Å². The summed E-state index contributed by atoms with van der Waals surface area (Å²) in [5.74, 6) is -0.110. The van der Waals surface area contributed by atoms with Crippen molar-refractivity contribution in [2.45, 2.75) is 19.4 Å². The van der Waals surface area contributed by atoms with Crippen LogP contribution in [-0.4, -0.2) is 28.7 Å². The lowest BCUT2D eigenvalue weighted by Crippen LogP contribution is -2.32. The first kappa shape index (κ1) is 7.86. The van der Waals surface area contributed by atoms with E-state index in [2.05, 4.69) is 6.07 Å². The third-order valence-electron chi connectivity index (χ3n) is 2.00. The van der Waals surface area contributed by atoms with Crippen LogP contribution >= 0.6 is 0 Å². The zero-order valence-electron chi connectivity index (χ0n) is 6.32. The van der Waals surface area contributed by atoms with E-state index in [0.717, 1.165) is 0 Å². The quantitative estimate of drug-likeness (QED) is 0.563. The number of rotatable bonds is 0. The molecule has 1 aliphatic rings. The Hall–Kier alpha value is -1.24. The fourth-order valence-electron chi connectivity index (χ4n) is 1.39. The molecule has 0 aromatic carbocycles. The minimum atomic E-state index is -0.921. The predicted octanol–water partition coefficient (Wildman–Crippen LogP) is 0.898. The number of amides is 1. The van der Waals surface area contributed by atoms with Crippen LogP contribution in [0.5, 0.6) is 0 Å². The Morgan fingerprint density at radius 3 is 2.73 bits per heavy atom. The van der Waals surface area contributed by atoms with Crippen molar-refractivity contribution >= 4 is 6.09 Å². The molecule has 1 N–H and O–H groups in total. The van der Waals surface area contributed by atoms with Crippen LogP contribution in [0.2, 0.25) is 0 Å². The first-order valence-corrected chi connectivity index (χ1v) is 3.54. The average molecular weight is 154 g/mol. The summed E-state index contributed by atoms with van der Waals surface area (Å²) in [5, 5.41) is 17.1. The van der Waals surface area contributed by atoms with Gasteiger partial charge < -0.3 is 10.0 Å². The van der Waals surface area contributed by atoms with E-state index in [1.54, 1.807) is 0 Å². The third kappa shape index (κ3) is 1.43. The Kier molecular flexibility index (Phi) is 1.99. The van der Waals surface area contributed by atoms with Gasteiger partial charge in [0.2, 0.25) is 0 Å². The molecule has 4 nitrogen and oxygen atoms in total. The van der Waals surface area contributed by atoms with Gasteiger partial charge in [-0.1, -0.05) is 0 Å². The SMILES string of the molecule is C[C@@H]1C[C@H](C#N)CN1C(=O)O. The molecule has 0 saturated carbocycles. The van der Waals surface area contributed by atoms with Gasteiger partial charge in [0.1, 0.15) is 0 Å². The van der Waals surface area contributed by atoms with Crippen molar-refractivity contribution < 1.29 is 9.90 Å². The summed E-state index contributed by atoms with van der Waals surface area (Å²) >= 11 is 0. The lowest BCUT2D eigenvalue weighted by atomic mass is 10.1. The number of carbonyl (C=O) groups is 1. The molecule has 1 saturated heterocycles. The molecule has 1 aliphatic heterocycles. The Labute approximate surface area is 65.0 Å². The van der Waals surface area contributed by atoms with Crippen molar-refractivity contribution in [3.8, 4) is 6.07 Å². The van der Waals surface area contributed by atoms with Gasteiger partial charge in [0.15, 0.2) is 0 Å². The molecule has 1 heterocycles. The number of likely N-dealkylation sites (tertiary alicyclic amines) is 1. The molecule has 0 spiro atoms. The molecule has 1 fully saturated rings. The van der Waals surface area contributed by atoms with Gasteiger partial charge in [0, 0.05) is 12.6 Å². The summed E-state index contributed by atoms with van der Waals surface area (Å²) < 4.78 is 0. The molecule has 1 rings (SSSR count). The molecule has 0 aromatic rings. The fourth-order valence-corrected chi connectivity index (χ4v) is 1.39. The molecule has 0 aliphatic carbocycles. The van der Waals surface area contributed by atoms with Crippen LogP contribution in [0, 0.1) is 17.2 Å². The van der Waals surface area contributed by atoms with Crippen LogP contribution in [-0.2, 0) is 0 Å². The number of hydrogen-bond acceptors (Lipinski definition) is 2. The van der Waals surface area contributed by atoms with E-state index >= 15 is 0 Å². The molecule has 0 bridgehead atoms. The maximum atomic E-state index is 10.5. The van der Waals surface area contributed by atoms with Crippen molar-refractivity contribution in [3.05, 3.63) is 0 Å². The Bertz CT molecular complexity index is 209. The zero-order chi connectivity index (χ0) is 8.43. The van der Waals surface area contributed by atoms with E-state index in [9.17, 15) is 4.79 Å². The molecule has 0 radical (unpaired) electrons. The zero-order valence-corrected chi connectivity index (χ0v) is 6.32. The number of carboxylic acid groups (broad SMARTS) is 1. The molecule has 0 aromatic heterocycles. The second-order valence-electron chi connectivity index (χ2n) is 2.85. The summed E-state index contributed by atoms with van der Waals surface area (Å²) in [6.07, 6.45) is -0.252. The standard InChI is InChI=1S/C7H10N2O2/c1-5-2-6(3-8)4-9(5)7(10)11/h5-6H,2,4H2,1H3,(H,10,11)/t5-,6-/m1/s1. The van der Waals surface area contributed by atoms with Crippen LogP contribution in [0.3, 0.4) is 0 Å². The van der Waals surface area contributed by atoms with E-state index < -0.39 is 6.09 Å². The highest BCUT2D eigenvalue weighted by atomic mass is 16.4. The van der Waals surface area contributed by atoms with Crippen LogP contribution in [0.15, 0.2) is 0 Å². The maximum Gasteiger partial charge on any atom is 0.407 e. The van der Waals surface area contributed by atoms with Crippen molar-refractivity contribution in [1.82, 2.24) is 4.90 Å².